The molecule has 162 valence electrons. The molecular formula is C20H22ClN7O3. The first-order chi connectivity index (χ1) is 14.9. The second-order valence-corrected chi connectivity index (χ2v) is 8.74. The molecule has 2 bridgehead atoms. The topological polar surface area (TPSA) is 122 Å². The maximum absolute atomic E-state index is 13.3. The van der Waals surface area contributed by atoms with Gasteiger partial charge in [0.05, 0.1) is 5.02 Å². The molecule has 2 N–H and O–H groups in total. The van der Waals surface area contributed by atoms with E-state index in [2.05, 4.69) is 32.5 Å². The number of nitrogens with zero attached hydrogens (tertiary/aromatic N) is 6. The van der Waals surface area contributed by atoms with Crippen molar-refractivity contribution < 1.29 is 14.3 Å². The van der Waals surface area contributed by atoms with Crippen LogP contribution in [0.5, 0.6) is 0 Å². The Morgan fingerprint density at radius 2 is 2.23 bits per heavy atom. The standard InChI is InChI=1S/C20H22ClN7O3/c1-11-5-13-8-20(7-11,18-25-24-16(9-29)31-18)28(13)19(30)23-12-3-4-15(21)14(6-12)17-22-10-27(2)26-17/h3-4,6,10-11,13,29H,5,7-9H2,1-2H3,(H,23,30). The van der Waals surface area contributed by atoms with Gasteiger partial charge in [0.25, 0.3) is 0 Å². The van der Waals surface area contributed by atoms with Gasteiger partial charge in [-0.25, -0.2) is 9.78 Å². The first kappa shape index (κ1) is 20.0. The van der Waals surface area contributed by atoms with Crippen molar-refractivity contribution in [2.75, 3.05) is 5.32 Å². The van der Waals surface area contributed by atoms with Gasteiger partial charge in [-0.3, -0.25) is 4.68 Å². The minimum Gasteiger partial charge on any atom is -0.420 e. The van der Waals surface area contributed by atoms with Crippen LogP contribution in [-0.4, -0.2) is 47.0 Å². The van der Waals surface area contributed by atoms with Crippen LogP contribution in [0.25, 0.3) is 11.4 Å². The van der Waals surface area contributed by atoms with Gasteiger partial charge < -0.3 is 19.7 Å². The van der Waals surface area contributed by atoms with Crippen LogP contribution in [0.2, 0.25) is 5.02 Å². The molecule has 2 amide bonds. The summed E-state index contributed by atoms with van der Waals surface area (Å²) < 4.78 is 7.25. The minimum absolute atomic E-state index is 0.0949. The van der Waals surface area contributed by atoms with Crippen molar-refractivity contribution in [1.82, 2.24) is 29.9 Å². The highest BCUT2D eigenvalue weighted by Crippen LogP contribution is 2.55. The zero-order chi connectivity index (χ0) is 21.8. The van der Waals surface area contributed by atoms with Gasteiger partial charge in [0.1, 0.15) is 18.5 Å². The molecule has 11 heteroatoms. The lowest BCUT2D eigenvalue weighted by atomic mass is 9.64. The fourth-order valence-corrected chi connectivity index (χ4v) is 5.08. The van der Waals surface area contributed by atoms with Crippen molar-refractivity contribution in [3.8, 4) is 11.4 Å². The van der Waals surface area contributed by atoms with Gasteiger partial charge in [-0.1, -0.05) is 18.5 Å². The Labute approximate surface area is 183 Å². The van der Waals surface area contributed by atoms with E-state index in [0.717, 1.165) is 19.3 Å². The van der Waals surface area contributed by atoms with Gasteiger partial charge in [0.2, 0.25) is 11.8 Å². The van der Waals surface area contributed by atoms with Crippen molar-refractivity contribution in [1.29, 1.82) is 0 Å². The van der Waals surface area contributed by atoms with Gasteiger partial charge in [0.15, 0.2) is 5.82 Å². The summed E-state index contributed by atoms with van der Waals surface area (Å²) in [6.07, 6.45) is 4.00. The van der Waals surface area contributed by atoms with E-state index in [1.165, 1.54) is 0 Å². The van der Waals surface area contributed by atoms with Crippen LogP contribution in [-0.2, 0) is 19.2 Å². The number of nitrogens with one attached hydrogen (secondary N) is 1. The molecule has 0 spiro atoms. The number of urea groups is 1. The summed E-state index contributed by atoms with van der Waals surface area (Å²) in [4.78, 5) is 19.4. The van der Waals surface area contributed by atoms with Gasteiger partial charge in [-0.15, -0.1) is 10.2 Å². The number of aliphatic hydroxyl groups excluding tert-OH is 1. The normalized spacial score (nSPS) is 24.7. The molecule has 6 rings (SSSR count). The fraction of sp³-hybridized carbons (Fsp3) is 0.450. The van der Waals surface area contributed by atoms with E-state index in [-0.39, 0.29) is 24.6 Å². The number of aryl methyl sites for hydroxylation is 1. The van der Waals surface area contributed by atoms with Gasteiger partial charge in [0, 0.05) is 30.8 Å². The summed E-state index contributed by atoms with van der Waals surface area (Å²) in [6.45, 7) is 1.83. The van der Waals surface area contributed by atoms with E-state index < -0.39 is 5.54 Å². The molecular weight excluding hydrogens is 422 g/mol. The third-order valence-electron chi connectivity index (χ3n) is 6.04. The quantitative estimate of drug-likeness (QED) is 0.635. The number of hydrogen-bond acceptors (Lipinski definition) is 7. The van der Waals surface area contributed by atoms with Crippen LogP contribution in [0.3, 0.4) is 0 Å². The molecule has 31 heavy (non-hydrogen) atoms. The molecule has 1 aromatic carbocycles. The van der Waals surface area contributed by atoms with Crippen LogP contribution in [0.4, 0.5) is 10.5 Å². The molecule has 3 fully saturated rings. The number of piperidine rings is 1. The lowest BCUT2D eigenvalue weighted by molar-refractivity contribution is -0.110. The van der Waals surface area contributed by atoms with E-state index in [0.29, 0.717) is 33.9 Å². The summed E-state index contributed by atoms with van der Waals surface area (Å²) in [5, 5.41) is 25.1. The Balaban J connectivity index is 1.42. The number of carbonyl (C=O) groups is 1. The maximum Gasteiger partial charge on any atom is 0.323 e. The summed E-state index contributed by atoms with van der Waals surface area (Å²) >= 11 is 6.33. The number of rotatable bonds is 4. The monoisotopic (exact) mass is 443 g/mol. The van der Waals surface area contributed by atoms with Crippen molar-refractivity contribution in [2.24, 2.45) is 13.0 Å². The van der Waals surface area contributed by atoms with Crippen molar-refractivity contribution in [3.05, 3.63) is 41.3 Å². The molecule has 3 aliphatic rings. The zero-order valence-electron chi connectivity index (χ0n) is 17.1. The SMILES string of the molecule is CC1CC2CC(c3nnc(CO)o3)(C1)N2C(=O)Nc1ccc(Cl)c(-c2ncn(C)n2)c1. The predicted molar refractivity (Wildman–Crippen MR) is 111 cm³/mol. The highest BCUT2D eigenvalue weighted by atomic mass is 35.5. The first-order valence-corrected chi connectivity index (χ1v) is 10.5. The second kappa shape index (κ2) is 7.31. The Hall–Kier alpha value is -2.98. The highest BCUT2D eigenvalue weighted by Gasteiger charge is 2.62. The number of halogens is 1. The van der Waals surface area contributed by atoms with Gasteiger partial charge in [-0.05, 0) is 37.0 Å². The Kier molecular flexibility index (Phi) is 4.71. The number of fused-ring (bicyclic) bond motifs is 2. The van der Waals surface area contributed by atoms with Gasteiger partial charge >= 0.3 is 6.03 Å². The Morgan fingerprint density at radius 3 is 2.94 bits per heavy atom. The van der Waals surface area contributed by atoms with Crippen molar-refractivity contribution >= 4 is 23.3 Å². The molecule has 4 heterocycles. The Bertz CT molecular complexity index is 1150. The summed E-state index contributed by atoms with van der Waals surface area (Å²) in [6, 6.07) is 5.07. The number of anilines is 1. The number of aromatic nitrogens is 5. The number of aliphatic hydroxyl groups is 1. The van der Waals surface area contributed by atoms with Crippen molar-refractivity contribution in [3.63, 3.8) is 0 Å². The Morgan fingerprint density at radius 1 is 1.39 bits per heavy atom. The maximum atomic E-state index is 13.3. The van der Waals surface area contributed by atoms with Crippen LogP contribution >= 0.6 is 11.6 Å². The number of carbonyl (C=O) groups excluding carboxylic acids is 1. The third kappa shape index (κ3) is 3.26. The summed E-state index contributed by atoms with van der Waals surface area (Å²) in [7, 11) is 1.78. The molecule has 3 atom stereocenters. The molecule has 1 saturated carbocycles. The van der Waals surface area contributed by atoms with Gasteiger partial charge in [-0.2, -0.15) is 5.10 Å². The van der Waals surface area contributed by atoms with Crippen LogP contribution in [0, 0.1) is 5.92 Å². The van der Waals surface area contributed by atoms with Crippen LogP contribution in [0.1, 0.15) is 38.0 Å². The minimum atomic E-state index is -0.648. The molecule has 2 aromatic heterocycles. The van der Waals surface area contributed by atoms with Crippen molar-refractivity contribution in [2.45, 2.75) is 44.4 Å². The molecule has 2 aliphatic heterocycles. The number of hydrogen-bond donors (Lipinski definition) is 2. The molecule has 3 unspecified atom stereocenters. The summed E-state index contributed by atoms with van der Waals surface area (Å²) in [5.74, 6) is 1.43. The van der Waals surface area contributed by atoms with E-state index >= 15 is 0 Å². The largest absolute Gasteiger partial charge is 0.420 e. The molecule has 1 aliphatic carbocycles. The van der Waals surface area contributed by atoms with Crippen LogP contribution < -0.4 is 5.32 Å². The first-order valence-electron chi connectivity index (χ1n) is 10.1. The lowest BCUT2D eigenvalue weighted by Gasteiger charge is -2.61. The van der Waals surface area contributed by atoms with E-state index in [1.54, 1.807) is 41.2 Å². The average Bonchev–Trinajstić information content (AvgIpc) is 3.38. The number of amides is 2. The average molecular weight is 444 g/mol. The van der Waals surface area contributed by atoms with E-state index in [1.807, 2.05) is 0 Å². The predicted octanol–water partition coefficient (Wildman–Crippen LogP) is 2.94. The molecule has 2 saturated heterocycles. The highest BCUT2D eigenvalue weighted by molar-refractivity contribution is 6.33. The lowest BCUT2D eigenvalue weighted by Crippen LogP contribution is -2.70. The number of benzene rings is 1. The molecule has 3 aromatic rings. The molecule has 10 nitrogen and oxygen atoms in total. The molecule has 0 radical (unpaired) electrons. The zero-order valence-corrected chi connectivity index (χ0v) is 17.9. The second-order valence-electron chi connectivity index (χ2n) is 8.33. The van der Waals surface area contributed by atoms with Crippen LogP contribution in [0.15, 0.2) is 28.9 Å². The smallest absolute Gasteiger partial charge is 0.323 e. The fourth-order valence-electron chi connectivity index (χ4n) is 4.88. The van der Waals surface area contributed by atoms with E-state index in [4.69, 9.17) is 16.0 Å². The van der Waals surface area contributed by atoms with E-state index in [9.17, 15) is 9.90 Å². The third-order valence-corrected chi connectivity index (χ3v) is 6.37. The summed E-state index contributed by atoms with van der Waals surface area (Å²) in [5.41, 5.74) is 0.577.